The molecule has 0 bridgehead atoms. The molecular weight excluding hydrogens is 650 g/mol. The van der Waals surface area contributed by atoms with E-state index < -0.39 is 16.5 Å². The molecule has 0 aliphatic rings. The second-order valence-electron chi connectivity index (χ2n) is 4.18. The van der Waals surface area contributed by atoms with Gasteiger partial charge in [0.2, 0.25) is 0 Å². The van der Waals surface area contributed by atoms with Crippen molar-refractivity contribution >= 4 is 72.8 Å². The van der Waals surface area contributed by atoms with Crippen LogP contribution in [0.5, 0.6) is 0 Å². The summed E-state index contributed by atoms with van der Waals surface area (Å²) in [6.07, 6.45) is 7.31. The Hall–Kier alpha value is -0.392. The van der Waals surface area contributed by atoms with Crippen molar-refractivity contribution < 1.29 is 16.5 Å². The first-order valence-electron chi connectivity index (χ1n) is 6.13. The van der Waals surface area contributed by atoms with Crippen molar-refractivity contribution in [2.45, 2.75) is 0 Å². The fourth-order valence-electron chi connectivity index (χ4n) is 1.83. The number of hydrogen-bond donors (Lipinski definition) is 2. The number of fused-ring (bicyclic) bond motifs is 2. The minimum absolute atomic E-state index is 0.472. The predicted octanol–water partition coefficient (Wildman–Crippen LogP) is 6.03. The molecule has 23 heavy (non-hydrogen) atoms. The van der Waals surface area contributed by atoms with E-state index in [0.29, 0.717) is 0 Å². The van der Waals surface area contributed by atoms with E-state index in [2.05, 4.69) is 51.8 Å². The maximum absolute atomic E-state index is 4.88. The summed E-state index contributed by atoms with van der Waals surface area (Å²) < 4.78 is 2.03. The van der Waals surface area contributed by atoms with E-state index in [0.717, 1.165) is 31.0 Å². The molecule has 0 radical (unpaired) electrons. The van der Waals surface area contributed by atoms with E-state index in [1.807, 2.05) is 36.7 Å². The number of pyridine rings is 2. The molecule has 0 spiro atoms. The monoisotopic (exact) mass is 657 g/mol. The van der Waals surface area contributed by atoms with Gasteiger partial charge < -0.3 is 9.97 Å². The molecule has 0 fully saturated rings. The van der Waals surface area contributed by atoms with E-state index in [9.17, 15) is 0 Å². The minimum atomic E-state index is -0.472. The summed E-state index contributed by atoms with van der Waals surface area (Å²) in [6.45, 7) is 0. The average Bonchev–Trinajstić information content (AvgIpc) is 3.16. The molecule has 0 aliphatic carbocycles. The van der Waals surface area contributed by atoms with Crippen molar-refractivity contribution in [3.05, 3.63) is 58.0 Å². The van der Waals surface area contributed by atoms with Gasteiger partial charge in [0.25, 0.3) is 0 Å². The van der Waals surface area contributed by atoms with Crippen molar-refractivity contribution in [2.24, 2.45) is 0 Å². The molecule has 4 aromatic heterocycles. The quantitative estimate of drug-likeness (QED) is 0.243. The van der Waals surface area contributed by atoms with Crippen molar-refractivity contribution in [2.75, 3.05) is 0 Å². The van der Waals surface area contributed by atoms with Crippen LogP contribution in [0.2, 0.25) is 0 Å². The molecule has 0 unspecified atom stereocenters. The normalized spacial score (nSPS) is 10.1. The van der Waals surface area contributed by atoms with E-state index in [1.165, 1.54) is 0 Å². The topological polar surface area (TPSA) is 57.4 Å². The Morgan fingerprint density at radius 2 is 1.22 bits per heavy atom. The molecule has 4 aromatic rings. The molecule has 0 atom stereocenters. The second-order valence-corrected chi connectivity index (χ2v) is 9.30. The Morgan fingerprint density at radius 3 is 1.61 bits per heavy atom. The van der Waals surface area contributed by atoms with Crippen molar-refractivity contribution in [1.29, 1.82) is 0 Å². The summed E-state index contributed by atoms with van der Waals surface area (Å²) >= 11 is 6.21. The van der Waals surface area contributed by atoms with Gasteiger partial charge in [0.15, 0.2) is 0 Å². The van der Waals surface area contributed by atoms with Gasteiger partial charge in [0, 0.05) is 44.5 Å². The number of H-pyrrole nitrogens is 2. The van der Waals surface area contributed by atoms with Crippen LogP contribution in [-0.4, -0.2) is 19.9 Å². The fourth-order valence-corrected chi connectivity index (χ4v) is 2.52. The van der Waals surface area contributed by atoms with E-state index in [-0.39, 0.29) is 0 Å². The standard InChI is InChI=1S/2C7H5BrN2.2ClH.Pt/c2*8-6-3-5-1-2-9-7(5)10-4-6;;;/h2*1-4H,(H,9,10);2*1H;/q;;;;+2/p-2. The number of aromatic nitrogens is 4. The Labute approximate surface area is 166 Å². The third-order valence-electron chi connectivity index (χ3n) is 2.73. The molecule has 0 saturated carbocycles. The van der Waals surface area contributed by atoms with Crippen LogP contribution in [-0.2, 0) is 16.5 Å². The summed E-state index contributed by atoms with van der Waals surface area (Å²) in [7, 11) is 9.75. The van der Waals surface area contributed by atoms with Crippen LogP contribution in [0.4, 0.5) is 0 Å². The molecule has 9 heteroatoms. The van der Waals surface area contributed by atoms with Gasteiger partial charge in [-0.1, -0.05) is 0 Å². The van der Waals surface area contributed by atoms with Crippen molar-refractivity contribution in [3.8, 4) is 0 Å². The van der Waals surface area contributed by atoms with Gasteiger partial charge >= 0.3 is 35.3 Å². The maximum atomic E-state index is 4.88. The van der Waals surface area contributed by atoms with Gasteiger partial charge in [-0.2, -0.15) is 0 Å². The summed E-state index contributed by atoms with van der Waals surface area (Å²) in [5.41, 5.74) is 1.87. The first-order valence-corrected chi connectivity index (χ1v) is 13.4. The van der Waals surface area contributed by atoms with Crippen molar-refractivity contribution in [3.63, 3.8) is 0 Å². The zero-order valence-electron chi connectivity index (χ0n) is 11.3. The molecule has 0 aliphatic heterocycles. The van der Waals surface area contributed by atoms with E-state index in [1.54, 1.807) is 12.4 Å². The zero-order valence-corrected chi connectivity index (χ0v) is 18.3. The number of halogens is 4. The summed E-state index contributed by atoms with van der Waals surface area (Å²) in [4.78, 5) is 14.3. The average molecular weight is 660 g/mol. The summed E-state index contributed by atoms with van der Waals surface area (Å²) in [6, 6.07) is 8.04. The van der Waals surface area contributed by atoms with Crippen LogP contribution in [0.3, 0.4) is 0 Å². The van der Waals surface area contributed by atoms with E-state index >= 15 is 0 Å². The summed E-state index contributed by atoms with van der Waals surface area (Å²) in [5.74, 6) is 0. The number of nitrogens with one attached hydrogen (secondary N) is 2. The molecule has 0 saturated heterocycles. The van der Waals surface area contributed by atoms with Crippen molar-refractivity contribution in [1.82, 2.24) is 19.9 Å². The third kappa shape index (κ3) is 5.87. The first kappa shape index (κ1) is 18.9. The Balaban J connectivity index is 0.000000143. The van der Waals surface area contributed by atoms with Crippen LogP contribution in [0.1, 0.15) is 0 Å². The van der Waals surface area contributed by atoms with Gasteiger partial charge in [-0.05, 0) is 56.1 Å². The van der Waals surface area contributed by atoms with Crippen LogP contribution in [0, 0.1) is 0 Å². The molecule has 4 nitrogen and oxygen atoms in total. The molecular formula is C14H10Br2Cl2N4Pt. The zero-order chi connectivity index (χ0) is 16.7. The van der Waals surface area contributed by atoms with Gasteiger partial charge in [0.05, 0.1) is 0 Å². The van der Waals surface area contributed by atoms with E-state index in [4.69, 9.17) is 18.8 Å². The Morgan fingerprint density at radius 1 is 0.826 bits per heavy atom. The van der Waals surface area contributed by atoms with Gasteiger partial charge in [-0.15, -0.1) is 0 Å². The number of aromatic amines is 2. The van der Waals surface area contributed by atoms with Crippen LogP contribution in [0.15, 0.2) is 58.0 Å². The SMILES string of the molecule is Brc1cnc2[nH]ccc2c1.Brc1cnc2[nH]ccc2c1.[Cl][Pt][Cl]. The van der Waals surface area contributed by atoms with Crippen LogP contribution >= 0.6 is 50.7 Å². The first-order chi connectivity index (χ1) is 11.1. The predicted molar refractivity (Wildman–Crippen MR) is 99.3 cm³/mol. The van der Waals surface area contributed by atoms with Gasteiger partial charge in [-0.25, -0.2) is 9.97 Å². The molecule has 4 heterocycles. The number of nitrogens with zero attached hydrogens (tertiary/aromatic N) is 2. The Kier molecular flexibility index (Phi) is 8.07. The van der Waals surface area contributed by atoms with Gasteiger partial charge in [0.1, 0.15) is 11.3 Å². The fraction of sp³-hybridized carbons (Fsp3) is 0. The number of rotatable bonds is 0. The number of hydrogen-bond acceptors (Lipinski definition) is 2. The third-order valence-corrected chi connectivity index (χ3v) is 3.60. The molecule has 4 rings (SSSR count). The van der Waals surface area contributed by atoms with Crippen LogP contribution < -0.4 is 0 Å². The molecule has 2 N–H and O–H groups in total. The van der Waals surface area contributed by atoms with Gasteiger partial charge in [-0.3, -0.25) is 0 Å². The van der Waals surface area contributed by atoms with Crippen LogP contribution in [0.25, 0.3) is 22.1 Å². The molecule has 0 amide bonds. The molecule has 0 aromatic carbocycles. The Bertz CT molecular complexity index is 809. The molecule has 124 valence electrons. The summed E-state index contributed by atoms with van der Waals surface area (Å²) in [5, 5.41) is 2.27. The second kappa shape index (κ2) is 9.80.